The Hall–Kier alpha value is -3.81. The number of pyridine rings is 2. The molecule has 0 amide bonds. The van der Waals surface area contributed by atoms with E-state index in [0.717, 1.165) is 59.1 Å². The smallest absolute Gasteiger partial charge is 0.165 e. The molecule has 7 heteroatoms. The van der Waals surface area contributed by atoms with Gasteiger partial charge in [-0.1, -0.05) is 30.4 Å². The molecule has 2 fully saturated rings. The minimum Gasteiger partial charge on any atom is -0.383 e. The third kappa shape index (κ3) is 3.90. The Balaban J connectivity index is 1.41. The van der Waals surface area contributed by atoms with Crippen LogP contribution >= 0.6 is 0 Å². The van der Waals surface area contributed by atoms with Gasteiger partial charge in [-0.25, -0.2) is 15.0 Å². The van der Waals surface area contributed by atoms with Crippen molar-refractivity contribution in [2.75, 3.05) is 31.9 Å². The molecule has 5 heterocycles. The maximum atomic E-state index is 6.29. The van der Waals surface area contributed by atoms with Crippen molar-refractivity contribution in [2.24, 2.45) is 5.41 Å². The zero-order valence-corrected chi connectivity index (χ0v) is 20.8. The molecule has 1 aromatic carbocycles. The molecular weight excluding hydrogens is 446 g/mol. The molecule has 1 spiro atoms. The number of hydrogen-bond donors (Lipinski definition) is 2. The van der Waals surface area contributed by atoms with Crippen molar-refractivity contribution in [1.29, 1.82) is 0 Å². The Labute approximate surface area is 211 Å². The summed E-state index contributed by atoms with van der Waals surface area (Å²) < 4.78 is 2.09. The van der Waals surface area contributed by atoms with Crippen LogP contribution in [-0.4, -0.2) is 50.6 Å². The van der Waals surface area contributed by atoms with E-state index in [9.17, 15) is 0 Å². The number of hydrogen-bond acceptors (Lipinski definition) is 6. The number of nitrogens with zero attached hydrogens (tertiary/aromatic N) is 5. The number of allylic oxidation sites excluding steroid dienone is 4. The van der Waals surface area contributed by atoms with Crippen LogP contribution in [0.5, 0.6) is 0 Å². The SMILES string of the molecule is C/C=C\C(=C/C)c1ccc2nc(-c3cccnc3N)n(-c3ccc(CN4CC5(CNC5)C4)cc3)c2n1. The van der Waals surface area contributed by atoms with Crippen molar-refractivity contribution in [3.63, 3.8) is 0 Å². The third-order valence-electron chi connectivity index (χ3n) is 7.26. The topological polar surface area (TPSA) is 84.9 Å². The Kier molecular flexibility index (Phi) is 5.66. The van der Waals surface area contributed by atoms with Crippen molar-refractivity contribution in [2.45, 2.75) is 20.4 Å². The van der Waals surface area contributed by atoms with Gasteiger partial charge in [0, 0.05) is 50.0 Å². The number of aromatic nitrogens is 4. The molecule has 0 saturated carbocycles. The highest BCUT2D eigenvalue weighted by atomic mass is 15.3. The van der Waals surface area contributed by atoms with Gasteiger partial charge >= 0.3 is 0 Å². The van der Waals surface area contributed by atoms with E-state index in [2.05, 4.69) is 56.2 Å². The van der Waals surface area contributed by atoms with Crippen molar-refractivity contribution in [3.8, 4) is 17.1 Å². The molecule has 4 aromatic rings. The Bertz CT molecular complexity index is 1470. The first-order valence-electron chi connectivity index (χ1n) is 12.5. The number of benzene rings is 1. The first-order chi connectivity index (χ1) is 17.6. The summed E-state index contributed by atoms with van der Waals surface area (Å²) in [7, 11) is 0. The summed E-state index contributed by atoms with van der Waals surface area (Å²) in [6, 6.07) is 16.6. The number of nitrogens with two attached hydrogens (primary N) is 1. The van der Waals surface area contributed by atoms with Crippen LogP contribution in [0, 0.1) is 5.41 Å². The molecule has 6 rings (SSSR count). The molecule has 0 radical (unpaired) electrons. The average Bonchev–Trinajstić information content (AvgIpc) is 3.22. The lowest BCUT2D eigenvalue weighted by Gasteiger charge is -2.56. The number of fused-ring (bicyclic) bond motifs is 1. The van der Waals surface area contributed by atoms with E-state index >= 15 is 0 Å². The van der Waals surface area contributed by atoms with Crippen molar-refractivity contribution in [3.05, 3.63) is 84.2 Å². The van der Waals surface area contributed by atoms with Crippen LogP contribution in [0.15, 0.2) is 73.0 Å². The lowest BCUT2D eigenvalue weighted by Crippen LogP contribution is -2.70. The lowest BCUT2D eigenvalue weighted by molar-refractivity contribution is -0.0444. The summed E-state index contributed by atoms with van der Waals surface area (Å²) in [6.45, 7) is 9.71. The van der Waals surface area contributed by atoms with Gasteiger partial charge in [-0.2, -0.15) is 0 Å². The molecule has 2 saturated heterocycles. The van der Waals surface area contributed by atoms with Crippen molar-refractivity contribution in [1.82, 2.24) is 29.7 Å². The normalized spacial score (nSPS) is 17.6. The molecule has 2 aliphatic heterocycles. The van der Waals surface area contributed by atoms with Crippen LogP contribution < -0.4 is 11.1 Å². The second-order valence-corrected chi connectivity index (χ2v) is 9.91. The van der Waals surface area contributed by atoms with E-state index in [1.165, 1.54) is 18.7 Å². The molecule has 0 bridgehead atoms. The van der Waals surface area contributed by atoms with Crippen LogP contribution in [0.4, 0.5) is 5.82 Å². The molecule has 3 N–H and O–H groups in total. The summed E-state index contributed by atoms with van der Waals surface area (Å²) in [5, 5.41) is 3.41. The molecular formula is C29H31N7. The Morgan fingerprint density at radius 3 is 2.53 bits per heavy atom. The number of anilines is 1. The number of likely N-dealkylation sites (tertiary alicyclic amines) is 1. The zero-order valence-electron chi connectivity index (χ0n) is 20.8. The summed E-state index contributed by atoms with van der Waals surface area (Å²) >= 11 is 0. The van der Waals surface area contributed by atoms with E-state index < -0.39 is 0 Å². The molecule has 36 heavy (non-hydrogen) atoms. The van der Waals surface area contributed by atoms with Crippen LogP contribution in [-0.2, 0) is 6.54 Å². The lowest BCUT2D eigenvalue weighted by atomic mass is 9.74. The standard InChI is InChI=1S/C29H31N7/c1-3-6-21(4-2)24-12-13-25-28(33-24)36(27(34-25)23-7-5-14-32-26(23)30)22-10-8-20(9-11-22)15-35-18-29(19-35)16-31-17-29/h3-14,31H,15-19H2,1-2H3,(H2,30,32)/b6-3-,21-4+. The van der Waals surface area contributed by atoms with Crippen molar-refractivity contribution < 1.29 is 0 Å². The van der Waals surface area contributed by atoms with Crippen LogP contribution in [0.25, 0.3) is 33.8 Å². The second kappa shape index (κ2) is 9.00. The Morgan fingerprint density at radius 1 is 1.06 bits per heavy atom. The Morgan fingerprint density at radius 2 is 1.86 bits per heavy atom. The van der Waals surface area contributed by atoms with Gasteiger partial charge in [0.1, 0.15) is 11.3 Å². The average molecular weight is 478 g/mol. The molecule has 2 aliphatic rings. The molecule has 0 atom stereocenters. The highest BCUT2D eigenvalue weighted by Gasteiger charge is 2.47. The van der Waals surface area contributed by atoms with Crippen LogP contribution in [0.1, 0.15) is 25.1 Å². The summed E-state index contributed by atoms with van der Waals surface area (Å²) in [5.74, 6) is 1.19. The van der Waals surface area contributed by atoms with E-state index in [1.807, 2.05) is 44.2 Å². The van der Waals surface area contributed by atoms with Gasteiger partial charge < -0.3 is 11.1 Å². The summed E-state index contributed by atoms with van der Waals surface area (Å²) in [6.07, 6.45) is 7.87. The van der Waals surface area contributed by atoms with Crippen LogP contribution in [0.2, 0.25) is 0 Å². The quantitative estimate of drug-likeness (QED) is 0.399. The van der Waals surface area contributed by atoms with Gasteiger partial charge in [-0.3, -0.25) is 9.47 Å². The van der Waals surface area contributed by atoms with E-state index in [-0.39, 0.29) is 0 Å². The first kappa shape index (κ1) is 22.6. The van der Waals surface area contributed by atoms with Gasteiger partial charge in [0.2, 0.25) is 0 Å². The van der Waals surface area contributed by atoms with Gasteiger partial charge in [0.25, 0.3) is 0 Å². The minimum atomic E-state index is 0.450. The molecule has 0 unspecified atom stereocenters. The first-order valence-corrected chi connectivity index (χ1v) is 12.5. The third-order valence-corrected chi connectivity index (χ3v) is 7.26. The fourth-order valence-corrected chi connectivity index (χ4v) is 5.38. The fraction of sp³-hybridized carbons (Fsp3) is 0.276. The molecule has 182 valence electrons. The van der Waals surface area contributed by atoms with Crippen molar-refractivity contribution >= 4 is 22.6 Å². The van der Waals surface area contributed by atoms with Gasteiger partial charge in [0.15, 0.2) is 11.5 Å². The number of rotatable bonds is 6. The fourth-order valence-electron chi connectivity index (χ4n) is 5.38. The van der Waals surface area contributed by atoms with Gasteiger partial charge in [-0.05, 0) is 61.4 Å². The molecule has 7 nitrogen and oxygen atoms in total. The number of nitrogen functional groups attached to an aromatic ring is 1. The molecule has 0 aliphatic carbocycles. The van der Waals surface area contributed by atoms with E-state index in [1.54, 1.807) is 6.20 Å². The van der Waals surface area contributed by atoms with Gasteiger partial charge in [-0.15, -0.1) is 0 Å². The maximum absolute atomic E-state index is 6.29. The monoisotopic (exact) mass is 477 g/mol. The van der Waals surface area contributed by atoms with E-state index in [0.29, 0.717) is 11.2 Å². The zero-order chi connectivity index (χ0) is 24.7. The van der Waals surface area contributed by atoms with E-state index in [4.69, 9.17) is 15.7 Å². The highest BCUT2D eigenvalue weighted by molar-refractivity contribution is 5.85. The van der Waals surface area contributed by atoms with Gasteiger partial charge in [0.05, 0.1) is 11.3 Å². The summed E-state index contributed by atoms with van der Waals surface area (Å²) in [4.78, 5) is 16.8. The van der Waals surface area contributed by atoms with Crippen LogP contribution in [0.3, 0.4) is 0 Å². The maximum Gasteiger partial charge on any atom is 0.165 e. The highest BCUT2D eigenvalue weighted by Crippen LogP contribution is 2.35. The number of nitrogens with one attached hydrogen (secondary N) is 1. The largest absolute Gasteiger partial charge is 0.383 e. The predicted octanol–water partition coefficient (Wildman–Crippen LogP) is 4.45. The molecule has 3 aromatic heterocycles. The minimum absolute atomic E-state index is 0.450. The predicted molar refractivity (Wildman–Crippen MR) is 146 cm³/mol. The number of imidazole rings is 1. The summed E-state index contributed by atoms with van der Waals surface area (Å²) in [5.41, 5.74) is 13.5. The second-order valence-electron chi connectivity index (χ2n) is 9.91.